The minimum Gasteiger partial charge on any atom is -0.493 e. The van der Waals surface area contributed by atoms with Crippen LogP contribution in [0, 0.1) is 11.6 Å². The lowest BCUT2D eigenvalue weighted by molar-refractivity contribution is 0.104. The molecule has 5 nitrogen and oxygen atoms in total. The van der Waals surface area contributed by atoms with Crippen molar-refractivity contribution in [1.29, 1.82) is 0 Å². The lowest BCUT2D eigenvalue weighted by atomic mass is 10.1. The molecule has 0 saturated heterocycles. The molecule has 2 aromatic carbocycles. The zero-order valence-electron chi connectivity index (χ0n) is 14.6. The average Bonchev–Trinajstić information content (AvgIpc) is 3.16. The summed E-state index contributed by atoms with van der Waals surface area (Å²) in [6, 6.07) is 10.0. The van der Waals surface area contributed by atoms with Crippen molar-refractivity contribution in [2.24, 2.45) is 0 Å². The fourth-order valence-corrected chi connectivity index (χ4v) is 2.48. The number of methoxy groups -OCH3 is 2. The molecule has 1 N–H and O–H groups in total. The van der Waals surface area contributed by atoms with Crippen LogP contribution in [0.2, 0.25) is 0 Å². The molecule has 3 rings (SSSR count). The van der Waals surface area contributed by atoms with Crippen LogP contribution in [0.5, 0.6) is 11.5 Å². The van der Waals surface area contributed by atoms with Crippen LogP contribution in [0.15, 0.2) is 48.5 Å². The molecule has 0 bridgehead atoms. The van der Waals surface area contributed by atoms with Crippen LogP contribution in [0.4, 0.5) is 8.78 Å². The number of carbonyl (C=O) groups excluding carboxylic acids is 1. The highest BCUT2D eigenvalue weighted by molar-refractivity contribution is 6.07. The molecular weight excluding hydrogens is 354 g/mol. The van der Waals surface area contributed by atoms with Crippen LogP contribution in [-0.4, -0.2) is 30.2 Å². The maximum atomic E-state index is 13.3. The number of ketones is 1. The van der Waals surface area contributed by atoms with Crippen molar-refractivity contribution in [1.82, 2.24) is 10.2 Å². The second-order valence-corrected chi connectivity index (χ2v) is 5.60. The second kappa shape index (κ2) is 7.82. The third-order valence-corrected chi connectivity index (χ3v) is 3.90. The monoisotopic (exact) mass is 370 g/mol. The first-order valence-electron chi connectivity index (χ1n) is 7.97. The van der Waals surface area contributed by atoms with Crippen molar-refractivity contribution < 1.29 is 23.0 Å². The van der Waals surface area contributed by atoms with E-state index in [1.807, 2.05) is 0 Å². The summed E-state index contributed by atoms with van der Waals surface area (Å²) in [4.78, 5) is 12.3. The van der Waals surface area contributed by atoms with Crippen molar-refractivity contribution in [3.8, 4) is 22.8 Å². The van der Waals surface area contributed by atoms with E-state index in [4.69, 9.17) is 9.47 Å². The fraction of sp³-hybridized carbons (Fsp3) is 0.100. The quantitative estimate of drug-likeness (QED) is 0.520. The molecule has 0 radical (unpaired) electrons. The van der Waals surface area contributed by atoms with Crippen LogP contribution in [0.25, 0.3) is 17.3 Å². The predicted octanol–water partition coefficient (Wildman–Crippen LogP) is 4.27. The number of nitrogens with one attached hydrogen (secondary N) is 1. The van der Waals surface area contributed by atoms with Crippen molar-refractivity contribution in [3.05, 3.63) is 71.4 Å². The van der Waals surface area contributed by atoms with E-state index in [2.05, 4.69) is 10.2 Å². The minimum atomic E-state index is -0.948. The number of ether oxygens (including phenoxy) is 2. The van der Waals surface area contributed by atoms with Gasteiger partial charge in [-0.3, -0.25) is 9.89 Å². The molecule has 7 heteroatoms. The maximum Gasteiger partial charge on any atom is 0.186 e. The molecule has 27 heavy (non-hydrogen) atoms. The van der Waals surface area contributed by atoms with Gasteiger partial charge in [0.05, 0.1) is 25.6 Å². The third kappa shape index (κ3) is 4.03. The number of aromatic nitrogens is 2. The molecule has 1 heterocycles. The summed E-state index contributed by atoms with van der Waals surface area (Å²) < 4.78 is 36.7. The second-order valence-electron chi connectivity index (χ2n) is 5.60. The Kier molecular flexibility index (Phi) is 5.30. The molecule has 138 valence electrons. The summed E-state index contributed by atoms with van der Waals surface area (Å²) in [7, 11) is 3.01. The number of nitrogens with zero attached hydrogens (tertiary/aromatic N) is 1. The summed E-state index contributed by atoms with van der Waals surface area (Å²) in [5, 5.41) is 6.78. The maximum absolute atomic E-state index is 13.3. The highest BCUT2D eigenvalue weighted by Crippen LogP contribution is 2.28. The standard InChI is InChI=1S/C20H16F2N2O3/c1-26-19-8-4-13(10-20(19)27-2)18(25)7-5-14-11-17(24-23-14)12-3-6-15(21)16(22)9-12/h3-11H,1-2H3,(H,23,24)/b7-5+. The van der Waals surface area contributed by atoms with Crippen molar-refractivity contribution in [2.75, 3.05) is 14.2 Å². The molecule has 0 atom stereocenters. The van der Waals surface area contributed by atoms with Crippen LogP contribution in [-0.2, 0) is 0 Å². The zero-order chi connectivity index (χ0) is 19.4. The van der Waals surface area contributed by atoms with E-state index in [0.717, 1.165) is 12.1 Å². The number of H-pyrrole nitrogens is 1. The largest absolute Gasteiger partial charge is 0.493 e. The van der Waals surface area contributed by atoms with E-state index in [-0.39, 0.29) is 5.78 Å². The third-order valence-electron chi connectivity index (χ3n) is 3.90. The van der Waals surface area contributed by atoms with Gasteiger partial charge < -0.3 is 9.47 Å². The Balaban J connectivity index is 1.77. The topological polar surface area (TPSA) is 64.2 Å². The highest BCUT2D eigenvalue weighted by atomic mass is 19.2. The van der Waals surface area contributed by atoms with Crippen molar-refractivity contribution in [2.45, 2.75) is 0 Å². The van der Waals surface area contributed by atoms with E-state index in [9.17, 15) is 13.6 Å². The van der Waals surface area contributed by atoms with Gasteiger partial charge in [-0.15, -0.1) is 0 Å². The molecule has 0 spiro atoms. The summed E-state index contributed by atoms with van der Waals surface area (Å²) in [6.07, 6.45) is 2.93. The zero-order valence-corrected chi connectivity index (χ0v) is 14.6. The van der Waals surface area contributed by atoms with Crippen LogP contribution >= 0.6 is 0 Å². The minimum absolute atomic E-state index is 0.236. The fourth-order valence-electron chi connectivity index (χ4n) is 2.48. The number of rotatable bonds is 6. The van der Waals surface area contributed by atoms with Crippen molar-refractivity contribution in [3.63, 3.8) is 0 Å². The number of hydrogen-bond donors (Lipinski definition) is 1. The van der Waals surface area contributed by atoms with E-state index in [1.54, 1.807) is 30.3 Å². The Morgan fingerprint density at radius 2 is 1.78 bits per heavy atom. The van der Waals surface area contributed by atoms with Gasteiger partial charge in [0.1, 0.15) is 0 Å². The van der Waals surface area contributed by atoms with Gasteiger partial charge in [-0.05, 0) is 54.6 Å². The average molecular weight is 370 g/mol. The number of carbonyl (C=O) groups is 1. The van der Waals surface area contributed by atoms with Gasteiger partial charge in [-0.25, -0.2) is 8.78 Å². The smallest absolute Gasteiger partial charge is 0.186 e. The first-order chi connectivity index (χ1) is 13.0. The first-order valence-corrected chi connectivity index (χ1v) is 7.97. The summed E-state index contributed by atoms with van der Waals surface area (Å²) in [5.74, 6) is -1.12. The van der Waals surface area contributed by atoms with E-state index >= 15 is 0 Å². The number of halogens is 2. The Morgan fingerprint density at radius 1 is 1.00 bits per heavy atom. The van der Waals surface area contributed by atoms with Gasteiger partial charge in [-0.1, -0.05) is 0 Å². The summed E-state index contributed by atoms with van der Waals surface area (Å²) in [6.45, 7) is 0. The van der Waals surface area contributed by atoms with Gasteiger partial charge in [0.25, 0.3) is 0 Å². The number of aromatic amines is 1. The molecule has 1 aromatic heterocycles. The molecule has 0 amide bonds. The Morgan fingerprint density at radius 3 is 2.48 bits per heavy atom. The van der Waals surface area contributed by atoms with Crippen LogP contribution in [0.3, 0.4) is 0 Å². The molecule has 0 saturated carbocycles. The van der Waals surface area contributed by atoms with Crippen LogP contribution < -0.4 is 9.47 Å². The Labute approximate surface area is 154 Å². The highest BCUT2D eigenvalue weighted by Gasteiger charge is 2.10. The molecule has 0 fully saturated rings. The van der Waals surface area contributed by atoms with E-state index < -0.39 is 11.6 Å². The van der Waals surface area contributed by atoms with Gasteiger partial charge in [0.2, 0.25) is 0 Å². The summed E-state index contributed by atoms with van der Waals surface area (Å²) >= 11 is 0. The lowest BCUT2D eigenvalue weighted by Gasteiger charge is -2.07. The van der Waals surface area contributed by atoms with E-state index in [0.29, 0.717) is 34.0 Å². The van der Waals surface area contributed by atoms with Gasteiger partial charge >= 0.3 is 0 Å². The molecule has 0 aliphatic rings. The van der Waals surface area contributed by atoms with Crippen molar-refractivity contribution >= 4 is 11.9 Å². The molecule has 0 unspecified atom stereocenters. The summed E-state index contributed by atoms with van der Waals surface area (Å²) in [5.41, 5.74) is 1.84. The predicted molar refractivity (Wildman–Crippen MR) is 96.9 cm³/mol. The molecule has 0 aliphatic carbocycles. The number of benzene rings is 2. The normalized spacial score (nSPS) is 11.0. The first kappa shape index (κ1) is 18.3. The number of allylic oxidation sites excluding steroid dienone is 1. The molecular formula is C20H16F2N2O3. The Hall–Kier alpha value is -3.48. The van der Waals surface area contributed by atoms with Gasteiger partial charge in [-0.2, -0.15) is 5.10 Å². The van der Waals surface area contributed by atoms with Gasteiger partial charge in [0.15, 0.2) is 28.9 Å². The molecule has 0 aliphatic heterocycles. The van der Waals surface area contributed by atoms with Gasteiger partial charge in [0, 0.05) is 11.1 Å². The SMILES string of the molecule is COc1ccc(C(=O)/C=C/c2cc(-c3ccc(F)c(F)c3)n[nH]2)cc1OC. The van der Waals surface area contributed by atoms with E-state index in [1.165, 1.54) is 26.4 Å². The van der Waals surface area contributed by atoms with Crippen LogP contribution in [0.1, 0.15) is 16.1 Å². The number of hydrogen-bond acceptors (Lipinski definition) is 4. The molecule has 3 aromatic rings. The Bertz CT molecular complexity index is 1010. The lowest BCUT2D eigenvalue weighted by Crippen LogP contribution is -1.97.